The molecule has 1 N–H and O–H groups in total. The third-order valence-corrected chi connectivity index (χ3v) is 3.87. The molecule has 0 aliphatic rings. The summed E-state index contributed by atoms with van der Waals surface area (Å²) in [6, 6.07) is 0. The number of halogens is 3. The molecular weight excluding hydrogens is 391 g/mol. The van der Waals surface area contributed by atoms with E-state index in [1.54, 1.807) is 6.08 Å². The molecule has 0 fully saturated rings. The van der Waals surface area contributed by atoms with Crippen molar-refractivity contribution in [1.82, 2.24) is 0 Å². The number of Topliss-reactive ketones (excluding diaryl/α,β-unsaturated/α-hetero) is 1. The molecule has 3 unspecified atom stereocenters. The van der Waals surface area contributed by atoms with Gasteiger partial charge in [0.25, 0.3) is 0 Å². The first-order chi connectivity index (χ1) is 10.2. The fourth-order valence-electron chi connectivity index (χ4n) is 1.48. The van der Waals surface area contributed by atoms with Crippen molar-refractivity contribution in [2.75, 3.05) is 0 Å². The van der Waals surface area contributed by atoms with E-state index in [9.17, 15) is 9.59 Å². The Kier molecular flexibility index (Phi) is 10.4. The summed E-state index contributed by atoms with van der Waals surface area (Å²) in [7, 11) is 0. The number of alkyl halides is 2. The second-order valence-corrected chi connectivity index (χ2v) is 6.27. The quantitative estimate of drug-likeness (QED) is 0.336. The van der Waals surface area contributed by atoms with Crippen LogP contribution in [0.3, 0.4) is 0 Å². The van der Waals surface area contributed by atoms with Crippen molar-refractivity contribution < 1.29 is 14.7 Å². The highest BCUT2D eigenvalue weighted by Gasteiger charge is 2.26. The number of hydrogen-bond acceptors (Lipinski definition) is 2. The number of aliphatic carboxylic acids is 1. The van der Waals surface area contributed by atoms with E-state index >= 15 is 0 Å². The summed E-state index contributed by atoms with van der Waals surface area (Å²) in [5.74, 6) is -1.52. The molecule has 3 nitrogen and oxygen atoms in total. The predicted octanol–water partition coefficient (Wildman–Crippen LogP) is 4.85. The first-order valence-electron chi connectivity index (χ1n) is 6.56. The van der Waals surface area contributed by atoms with Gasteiger partial charge in [-0.15, -0.1) is 23.2 Å². The third-order valence-electron chi connectivity index (χ3n) is 2.79. The van der Waals surface area contributed by atoms with Crippen LogP contribution in [0.2, 0.25) is 0 Å². The Bertz CT molecular complexity index is 510. The maximum absolute atomic E-state index is 11.9. The van der Waals surface area contributed by atoms with Crippen LogP contribution in [-0.4, -0.2) is 27.6 Å². The predicted molar refractivity (Wildman–Crippen MR) is 95.8 cm³/mol. The molecule has 0 bridgehead atoms. The van der Waals surface area contributed by atoms with Crippen LogP contribution in [0.1, 0.15) is 20.3 Å². The molecule has 0 aromatic carbocycles. The number of carbonyl (C=O) groups excluding carboxylic acids is 1. The minimum Gasteiger partial charge on any atom is -0.480 e. The Morgan fingerprint density at radius 2 is 1.95 bits per heavy atom. The molecule has 122 valence electrons. The van der Waals surface area contributed by atoms with Gasteiger partial charge < -0.3 is 5.11 Å². The van der Waals surface area contributed by atoms with E-state index in [0.29, 0.717) is 5.92 Å². The van der Waals surface area contributed by atoms with Gasteiger partial charge in [0, 0.05) is 5.57 Å². The summed E-state index contributed by atoms with van der Waals surface area (Å²) in [5, 5.41) is 6.30. The van der Waals surface area contributed by atoms with Crippen LogP contribution in [-0.2, 0) is 9.59 Å². The summed E-state index contributed by atoms with van der Waals surface area (Å²) in [6.07, 6.45) is 8.26. The number of hydrogen-bond donors (Lipinski definition) is 1. The molecule has 0 saturated carbocycles. The molecule has 0 aliphatic carbocycles. The fraction of sp³-hybridized carbons (Fsp3) is 0.375. The molecule has 0 aromatic rings. The summed E-state index contributed by atoms with van der Waals surface area (Å²) in [6.45, 7) is 7.29. The largest absolute Gasteiger partial charge is 0.480 e. The van der Waals surface area contributed by atoms with Crippen LogP contribution in [0.25, 0.3) is 0 Å². The lowest BCUT2D eigenvalue weighted by Gasteiger charge is -2.10. The van der Waals surface area contributed by atoms with Gasteiger partial charge in [0.15, 0.2) is 11.2 Å². The average molecular weight is 410 g/mol. The smallest absolute Gasteiger partial charge is 0.326 e. The van der Waals surface area contributed by atoms with Gasteiger partial charge in [0.2, 0.25) is 0 Å². The lowest BCUT2D eigenvalue weighted by atomic mass is 10.0. The highest BCUT2D eigenvalue weighted by Crippen LogP contribution is 2.16. The normalized spacial score (nSPS) is 16.7. The second-order valence-electron chi connectivity index (χ2n) is 4.84. The van der Waals surface area contributed by atoms with Gasteiger partial charge in [0.05, 0.1) is 0 Å². The number of carboxylic acids is 1. The minimum absolute atomic E-state index is 0.224. The maximum atomic E-state index is 11.9. The first kappa shape index (κ1) is 21.2. The molecule has 0 heterocycles. The number of carbonyl (C=O) groups is 2. The molecule has 0 radical (unpaired) electrons. The first-order valence-corrected chi connectivity index (χ1v) is 8.35. The fourth-order valence-corrected chi connectivity index (χ4v) is 2.45. The Labute approximate surface area is 149 Å². The zero-order valence-corrected chi connectivity index (χ0v) is 15.5. The van der Waals surface area contributed by atoms with E-state index in [2.05, 4.69) is 29.4 Å². The summed E-state index contributed by atoms with van der Waals surface area (Å²) >= 11 is 14.8. The molecular formula is C16H19BrCl2O3. The van der Waals surface area contributed by atoms with E-state index in [1.165, 1.54) is 0 Å². The van der Waals surface area contributed by atoms with E-state index < -0.39 is 22.5 Å². The standard InChI is InChI=1S/C16H19BrCl2O3/c1-10(7-8-17)5-4-6-11(2)9-13(18)15(20)12(3)14(19)16(21)22/h4,6-10,13-14H,3,5H2,1-2H3,(H,21,22). The van der Waals surface area contributed by atoms with E-state index in [-0.39, 0.29) is 5.57 Å². The van der Waals surface area contributed by atoms with Crippen LogP contribution in [0.15, 0.2) is 47.0 Å². The summed E-state index contributed by atoms with van der Waals surface area (Å²) in [4.78, 5) is 24.5. The van der Waals surface area contributed by atoms with Gasteiger partial charge in [-0.25, -0.2) is 0 Å². The van der Waals surface area contributed by atoms with Crippen molar-refractivity contribution in [2.24, 2.45) is 5.92 Å². The zero-order chi connectivity index (χ0) is 17.3. The number of carboxylic acid groups (broad SMARTS) is 1. The molecule has 0 spiro atoms. The molecule has 0 saturated heterocycles. The average Bonchev–Trinajstić information content (AvgIpc) is 2.44. The summed E-state index contributed by atoms with van der Waals surface area (Å²) in [5.41, 5.74) is 0.580. The van der Waals surface area contributed by atoms with Gasteiger partial charge in [-0.3, -0.25) is 9.59 Å². The summed E-state index contributed by atoms with van der Waals surface area (Å²) < 4.78 is 0. The van der Waals surface area contributed by atoms with Crippen LogP contribution in [0.4, 0.5) is 0 Å². The molecule has 0 rings (SSSR count). The SMILES string of the molecule is C=C(C(=O)C(Cl)C=C(C)C=CCC(C)C=CBr)C(Cl)C(=O)O. The van der Waals surface area contributed by atoms with Gasteiger partial charge in [-0.2, -0.15) is 0 Å². The Morgan fingerprint density at radius 3 is 2.45 bits per heavy atom. The topological polar surface area (TPSA) is 54.4 Å². The monoisotopic (exact) mass is 408 g/mol. The van der Waals surface area contributed by atoms with Gasteiger partial charge in [-0.05, 0) is 24.2 Å². The van der Waals surface area contributed by atoms with Crippen molar-refractivity contribution in [1.29, 1.82) is 0 Å². The van der Waals surface area contributed by atoms with Crippen molar-refractivity contribution in [3.8, 4) is 0 Å². The molecule has 3 atom stereocenters. The van der Waals surface area contributed by atoms with Crippen molar-refractivity contribution >= 4 is 50.9 Å². The maximum Gasteiger partial charge on any atom is 0.326 e. The number of rotatable bonds is 9. The molecule has 0 amide bonds. The van der Waals surface area contributed by atoms with Gasteiger partial charge in [0.1, 0.15) is 5.38 Å². The van der Waals surface area contributed by atoms with E-state index in [4.69, 9.17) is 28.3 Å². The van der Waals surface area contributed by atoms with Crippen molar-refractivity contribution in [3.63, 3.8) is 0 Å². The molecule has 6 heteroatoms. The number of allylic oxidation sites excluding steroid dienone is 5. The van der Waals surface area contributed by atoms with Crippen LogP contribution in [0, 0.1) is 5.92 Å². The van der Waals surface area contributed by atoms with Gasteiger partial charge >= 0.3 is 5.97 Å². The highest BCUT2D eigenvalue weighted by molar-refractivity contribution is 9.11. The van der Waals surface area contributed by atoms with Gasteiger partial charge in [-0.1, -0.05) is 59.3 Å². The van der Waals surface area contributed by atoms with Crippen LogP contribution < -0.4 is 0 Å². The van der Waals surface area contributed by atoms with E-state index in [1.807, 2.05) is 30.1 Å². The lowest BCUT2D eigenvalue weighted by Crippen LogP contribution is -2.25. The van der Waals surface area contributed by atoms with Crippen LogP contribution in [0.5, 0.6) is 0 Å². The minimum atomic E-state index is -1.46. The van der Waals surface area contributed by atoms with Crippen LogP contribution >= 0.6 is 39.1 Å². The molecule has 0 aliphatic heterocycles. The highest BCUT2D eigenvalue weighted by atomic mass is 79.9. The van der Waals surface area contributed by atoms with Crippen molar-refractivity contribution in [3.05, 3.63) is 47.0 Å². The molecule has 22 heavy (non-hydrogen) atoms. The number of ketones is 1. The third kappa shape index (κ3) is 7.97. The lowest BCUT2D eigenvalue weighted by molar-refractivity contribution is -0.136. The van der Waals surface area contributed by atoms with Crippen molar-refractivity contribution in [2.45, 2.75) is 31.0 Å². The second kappa shape index (κ2) is 10.8. The molecule has 0 aromatic heterocycles. The Morgan fingerprint density at radius 1 is 1.36 bits per heavy atom. The Balaban J connectivity index is 4.69. The zero-order valence-electron chi connectivity index (χ0n) is 12.4. The van der Waals surface area contributed by atoms with E-state index in [0.717, 1.165) is 12.0 Å². The Hall–Kier alpha value is -0.840.